The normalized spacial score (nSPS) is 18.1. The summed E-state index contributed by atoms with van der Waals surface area (Å²) >= 11 is 1.56. The van der Waals surface area contributed by atoms with E-state index in [1.807, 2.05) is 23.7 Å². The summed E-state index contributed by atoms with van der Waals surface area (Å²) in [5.74, 6) is 0.0139. The molecule has 0 spiro atoms. The van der Waals surface area contributed by atoms with Crippen LogP contribution in [0.15, 0.2) is 23.7 Å². The standard InChI is InChI=1S/C15H19N3OS/c1-15(4-6-16-7-5-15)9-17-14(19)11-2-3-12-13(8-11)20-10-18-12/h2-3,8,10,16H,4-7,9H2,1H3,(H,17,19). The molecule has 2 aromatic rings. The molecule has 0 saturated carbocycles. The summed E-state index contributed by atoms with van der Waals surface area (Å²) in [5.41, 5.74) is 3.70. The Morgan fingerprint density at radius 3 is 3.05 bits per heavy atom. The Morgan fingerprint density at radius 2 is 2.25 bits per heavy atom. The monoisotopic (exact) mass is 289 g/mol. The summed E-state index contributed by atoms with van der Waals surface area (Å²) in [7, 11) is 0. The van der Waals surface area contributed by atoms with Crippen molar-refractivity contribution in [3.05, 3.63) is 29.3 Å². The largest absolute Gasteiger partial charge is 0.351 e. The van der Waals surface area contributed by atoms with Gasteiger partial charge < -0.3 is 10.6 Å². The van der Waals surface area contributed by atoms with Crippen molar-refractivity contribution in [1.29, 1.82) is 0 Å². The molecule has 4 nitrogen and oxygen atoms in total. The van der Waals surface area contributed by atoms with Crippen molar-refractivity contribution in [3.8, 4) is 0 Å². The minimum absolute atomic E-state index is 0.0139. The first-order valence-electron chi connectivity index (χ1n) is 6.99. The molecule has 2 heterocycles. The highest BCUT2D eigenvalue weighted by Gasteiger charge is 2.27. The van der Waals surface area contributed by atoms with Gasteiger partial charge in [-0.2, -0.15) is 0 Å². The number of thiazole rings is 1. The third kappa shape index (κ3) is 2.83. The zero-order valence-electron chi connectivity index (χ0n) is 11.6. The summed E-state index contributed by atoms with van der Waals surface area (Å²) in [4.78, 5) is 16.5. The van der Waals surface area contributed by atoms with Gasteiger partial charge in [0.2, 0.25) is 0 Å². The summed E-state index contributed by atoms with van der Waals surface area (Å²) in [6, 6.07) is 5.68. The number of benzene rings is 1. The van der Waals surface area contributed by atoms with Crippen LogP contribution >= 0.6 is 11.3 Å². The summed E-state index contributed by atoms with van der Waals surface area (Å²) in [5, 5.41) is 6.44. The van der Waals surface area contributed by atoms with E-state index < -0.39 is 0 Å². The number of rotatable bonds is 3. The van der Waals surface area contributed by atoms with Crippen molar-refractivity contribution < 1.29 is 4.79 Å². The van der Waals surface area contributed by atoms with Crippen LogP contribution in [0.2, 0.25) is 0 Å². The minimum Gasteiger partial charge on any atom is -0.351 e. The van der Waals surface area contributed by atoms with Crippen molar-refractivity contribution in [1.82, 2.24) is 15.6 Å². The molecule has 1 fully saturated rings. The number of piperidine rings is 1. The lowest BCUT2D eigenvalue weighted by Gasteiger charge is -2.34. The number of carbonyl (C=O) groups excluding carboxylic acids is 1. The van der Waals surface area contributed by atoms with Gasteiger partial charge in [-0.25, -0.2) is 4.98 Å². The van der Waals surface area contributed by atoms with Gasteiger partial charge in [-0.05, 0) is 49.5 Å². The van der Waals surface area contributed by atoms with E-state index in [1.165, 1.54) is 0 Å². The fraction of sp³-hybridized carbons (Fsp3) is 0.467. The van der Waals surface area contributed by atoms with Crippen molar-refractivity contribution in [3.63, 3.8) is 0 Å². The van der Waals surface area contributed by atoms with E-state index in [1.54, 1.807) is 11.3 Å². The van der Waals surface area contributed by atoms with Gasteiger partial charge in [0.25, 0.3) is 5.91 Å². The van der Waals surface area contributed by atoms with Crippen molar-refractivity contribution in [2.75, 3.05) is 19.6 Å². The molecule has 106 valence electrons. The lowest BCUT2D eigenvalue weighted by Crippen LogP contribution is -2.42. The molecule has 20 heavy (non-hydrogen) atoms. The smallest absolute Gasteiger partial charge is 0.251 e. The Hall–Kier alpha value is -1.46. The summed E-state index contributed by atoms with van der Waals surface area (Å²) in [6.07, 6.45) is 2.22. The molecule has 1 saturated heterocycles. The molecule has 0 unspecified atom stereocenters. The molecule has 0 aliphatic carbocycles. The Balaban J connectivity index is 1.66. The van der Waals surface area contributed by atoms with E-state index in [0.717, 1.165) is 48.3 Å². The maximum Gasteiger partial charge on any atom is 0.251 e. The molecular weight excluding hydrogens is 270 g/mol. The fourth-order valence-electron chi connectivity index (χ4n) is 2.60. The summed E-state index contributed by atoms with van der Waals surface area (Å²) < 4.78 is 1.06. The molecule has 0 radical (unpaired) electrons. The Morgan fingerprint density at radius 1 is 1.45 bits per heavy atom. The fourth-order valence-corrected chi connectivity index (χ4v) is 3.32. The minimum atomic E-state index is 0.0139. The molecule has 0 bridgehead atoms. The number of amides is 1. The van der Waals surface area contributed by atoms with Gasteiger partial charge in [0.05, 0.1) is 15.7 Å². The van der Waals surface area contributed by atoms with Gasteiger partial charge in [-0.3, -0.25) is 4.79 Å². The maximum absolute atomic E-state index is 12.3. The third-order valence-electron chi connectivity index (χ3n) is 4.08. The predicted molar refractivity (Wildman–Crippen MR) is 82.2 cm³/mol. The van der Waals surface area contributed by atoms with Gasteiger partial charge >= 0.3 is 0 Å². The molecule has 1 aromatic heterocycles. The number of carbonyl (C=O) groups is 1. The Bertz CT molecular complexity index is 616. The second-order valence-electron chi connectivity index (χ2n) is 5.78. The van der Waals surface area contributed by atoms with E-state index in [0.29, 0.717) is 0 Å². The van der Waals surface area contributed by atoms with Gasteiger partial charge in [0.15, 0.2) is 0 Å². The van der Waals surface area contributed by atoms with E-state index in [9.17, 15) is 4.79 Å². The highest BCUT2D eigenvalue weighted by atomic mass is 32.1. The predicted octanol–water partition coefficient (Wildman–Crippen LogP) is 2.42. The first-order valence-corrected chi connectivity index (χ1v) is 7.86. The van der Waals surface area contributed by atoms with Crippen LogP contribution in [0.5, 0.6) is 0 Å². The average molecular weight is 289 g/mol. The van der Waals surface area contributed by atoms with E-state index in [4.69, 9.17) is 0 Å². The molecule has 2 N–H and O–H groups in total. The van der Waals surface area contributed by atoms with Crippen LogP contribution in [0.3, 0.4) is 0 Å². The third-order valence-corrected chi connectivity index (χ3v) is 4.87. The SMILES string of the molecule is CC1(CNC(=O)c2ccc3ncsc3c2)CCNCC1. The quantitative estimate of drug-likeness (QED) is 0.912. The molecule has 1 aromatic carbocycles. The molecule has 5 heteroatoms. The molecule has 1 aliphatic rings. The highest BCUT2D eigenvalue weighted by Crippen LogP contribution is 2.27. The Kier molecular flexibility index (Phi) is 3.72. The molecule has 1 amide bonds. The maximum atomic E-state index is 12.3. The van der Waals surface area contributed by atoms with Crippen molar-refractivity contribution >= 4 is 27.5 Å². The first kappa shape index (κ1) is 13.5. The number of aromatic nitrogens is 1. The zero-order chi connectivity index (χ0) is 14.0. The molecule has 1 aliphatic heterocycles. The van der Waals surface area contributed by atoms with Gasteiger partial charge in [0, 0.05) is 12.1 Å². The first-order chi connectivity index (χ1) is 9.66. The topological polar surface area (TPSA) is 54.0 Å². The lowest BCUT2D eigenvalue weighted by molar-refractivity contribution is 0.0922. The lowest BCUT2D eigenvalue weighted by atomic mass is 9.81. The van der Waals surface area contributed by atoms with E-state index >= 15 is 0 Å². The number of hydrogen-bond acceptors (Lipinski definition) is 4. The zero-order valence-corrected chi connectivity index (χ0v) is 12.4. The molecule has 3 rings (SSSR count). The highest BCUT2D eigenvalue weighted by molar-refractivity contribution is 7.16. The van der Waals surface area contributed by atoms with Crippen LogP contribution in [0, 0.1) is 5.41 Å². The van der Waals surface area contributed by atoms with Crippen molar-refractivity contribution in [2.24, 2.45) is 5.41 Å². The van der Waals surface area contributed by atoms with Gasteiger partial charge in [0.1, 0.15) is 0 Å². The number of nitrogens with one attached hydrogen (secondary N) is 2. The van der Waals surface area contributed by atoms with Crippen LogP contribution < -0.4 is 10.6 Å². The number of fused-ring (bicyclic) bond motifs is 1. The number of nitrogens with zero attached hydrogens (tertiary/aromatic N) is 1. The molecular formula is C15H19N3OS. The van der Waals surface area contributed by atoms with Crippen LogP contribution in [-0.2, 0) is 0 Å². The van der Waals surface area contributed by atoms with E-state index in [-0.39, 0.29) is 11.3 Å². The van der Waals surface area contributed by atoms with Crippen LogP contribution in [0.1, 0.15) is 30.1 Å². The van der Waals surface area contributed by atoms with E-state index in [2.05, 4.69) is 22.5 Å². The van der Waals surface area contributed by atoms with Crippen LogP contribution in [0.25, 0.3) is 10.2 Å². The van der Waals surface area contributed by atoms with Gasteiger partial charge in [-0.15, -0.1) is 11.3 Å². The summed E-state index contributed by atoms with van der Waals surface area (Å²) in [6.45, 7) is 5.08. The van der Waals surface area contributed by atoms with Crippen molar-refractivity contribution in [2.45, 2.75) is 19.8 Å². The second kappa shape index (κ2) is 5.50. The van der Waals surface area contributed by atoms with Gasteiger partial charge in [-0.1, -0.05) is 6.92 Å². The Labute approximate surface area is 122 Å². The number of hydrogen-bond donors (Lipinski definition) is 2. The van der Waals surface area contributed by atoms with Crippen LogP contribution in [-0.4, -0.2) is 30.5 Å². The average Bonchev–Trinajstić information content (AvgIpc) is 2.93. The molecule has 0 atom stereocenters. The van der Waals surface area contributed by atoms with Crippen LogP contribution in [0.4, 0.5) is 0 Å². The second-order valence-corrected chi connectivity index (χ2v) is 6.66.